The zero-order valence-corrected chi connectivity index (χ0v) is 15.7. The predicted octanol–water partition coefficient (Wildman–Crippen LogP) is 3.11. The third-order valence-electron chi connectivity index (χ3n) is 5.64. The predicted molar refractivity (Wildman–Crippen MR) is 98.7 cm³/mol. The Balaban J connectivity index is 0.00000208. The summed E-state index contributed by atoms with van der Waals surface area (Å²) in [6, 6.07) is 8.60. The van der Waals surface area contributed by atoms with Crippen molar-refractivity contribution in [2.45, 2.75) is 56.6 Å². The number of hydrogen-bond donors (Lipinski definition) is 2. The number of ether oxygens (including phenoxy) is 1. The second-order valence-corrected chi connectivity index (χ2v) is 7.48. The first-order valence-corrected chi connectivity index (χ1v) is 8.65. The molecule has 4 nitrogen and oxygen atoms in total. The van der Waals surface area contributed by atoms with Crippen molar-refractivity contribution in [3.05, 3.63) is 35.4 Å². The highest BCUT2D eigenvalue weighted by atomic mass is 35.5. The fraction of sp³-hybridized carbons (Fsp3) is 0.632. The van der Waals surface area contributed by atoms with Crippen LogP contribution in [0.4, 0.5) is 0 Å². The number of nitrogens with one attached hydrogen (secondary N) is 2. The number of halogens is 1. The van der Waals surface area contributed by atoms with E-state index in [2.05, 4.69) is 48.7 Å². The number of rotatable bonds is 3. The molecule has 1 amide bonds. The maximum atomic E-state index is 12.9. The summed E-state index contributed by atoms with van der Waals surface area (Å²) in [5.74, 6) is 0.0426. The lowest BCUT2D eigenvalue weighted by Gasteiger charge is -2.40. The van der Waals surface area contributed by atoms with Gasteiger partial charge >= 0.3 is 0 Å². The van der Waals surface area contributed by atoms with Crippen molar-refractivity contribution >= 4 is 18.3 Å². The fourth-order valence-electron chi connectivity index (χ4n) is 4.01. The molecule has 1 heterocycles. The Morgan fingerprint density at radius 1 is 1.21 bits per heavy atom. The van der Waals surface area contributed by atoms with Crippen molar-refractivity contribution in [1.29, 1.82) is 0 Å². The molecule has 2 N–H and O–H groups in total. The maximum absolute atomic E-state index is 12.9. The first kappa shape index (κ1) is 19.2. The van der Waals surface area contributed by atoms with Crippen LogP contribution in [0.25, 0.3) is 0 Å². The van der Waals surface area contributed by atoms with Crippen molar-refractivity contribution in [3.8, 4) is 0 Å². The Kier molecular flexibility index (Phi) is 5.95. The van der Waals surface area contributed by atoms with E-state index in [4.69, 9.17) is 4.74 Å². The molecular formula is C19H29ClN2O2. The van der Waals surface area contributed by atoms with E-state index >= 15 is 0 Å². The monoisotopic (exact) mass is 352 g/mol. The summed E-state index contributed by atoms with van der Waals surface area (Å²) in [4.78, 5) is 12.9. The van der Waals surface area contributed by atoms with Crippen LogP contribution in [0.15, 0.2) is 24.3 Å². The molecule has 1 aliphatic heterocycles. The number of methoxy groups -OCH3 is 1. The van der Waals surface area contributed by atoms with Gasteiger partial charge < -0.3 is 15.4 Å². The summed E-state index contributed by atoms with van der Waals surface area (Å²) in [6.07, 6.45) is 3.52. The summed E-state index contributed by atoms with van der Waals surface area (Å²) < 4.78 is 5.66. The summed E-state index contributed by atoms with van der Waals surface area (Å²) in [7, 11) is 1.66. The van der Waals surface area contributed by atoms with Crippen LogP contribution in [-0.2, 0) is 14.9 Å². The first-order chi connectivity index (χ1) is 11.0. The molecule has 0 radical (unpaired) electrons. The summed E-state index contributed by atoms with van der Waals surface area (Å²) in [5, 5.41) is 6.58. The van der Waals surface area contributed by atoms with Crippen LogP contribution in [0.1, 0.15) is 56.7 Å². The highest BCUT2D eigenvalue weighted by molar-refractivity contribution is 5.86. The molecule has 0 saturated carbocycles. The molecule has 1 fully saturated rings. The lowest BCUT2D eigenvalue weighted by atomic mass is 9.71. The molecule has 1 atom stereocenters. The minimum absolute atomic E-state index is 0. The standard InChI is InChI=1S/C19H28N2O2.ClH/c1-18(2)9-8-16(14-6-4-5-7-15(14)18)21-17(22)19(23-3)10-12-20-13-11-19;/h4-7,16,20H,8-13H2,1-3H3,(H,21,22);1H. The van der Waals surface area contributed by atoms with Gasteiger partial charge in [0, 0.05) is 7.11 Å². The molecule has 24 heavy (non-hydrogen) atoms. The second kappa shape index (κ2) is 7.42. The third-order valence-corrected chi connectivity index (χ3v) is 5.64. The zero-order chi connectivity index (χ0) is 16.5. The molecule has 0 spiro atoms. The molecule has 134 valence electrons. The number of carbonyl (C=O) groups excluding carboxylic acids is 1. The Hall–Kier alpha value is -1.10. The van der Waals surface area contributed by atoms with Crippen molar-refractivity contribution in [1.82, 2.24) is 10.6 Å². The van der Waals surface area contributed by atoms with Crippen LogP contribution in [0.5, 0.6) is 0 Å². The molecule has 0 aromatic heterocycles. The van der Waals surface area contributed by atoms with Gasteiger partial charge in [-0.2, -0.15) is 0 Å². The van der Waals surface area contributed by atoms with Crippen LogP contribution in [0.2, 0.25) is 0 Å². The number of carbonyl (C=O) groups is 1. The normalized spacial score (nSPS) is 24.4. The van der Waals surface area contributed by atoms with Gasteiger partial charge in [0.1, 0.15) is 5.60 Å². The van der Waals surface area contributed by atoms with Gasteiger partial charge in [0.25, 0.3) is 5.91 Å². The van der Waals surface area contributed by atoms with E-state index in [0.29, 0.717) is 0 Å². The quantitative estimate of drug-likeness (QED) is 0.878. The van der Waals surface area contributed by atoms with Gasteiger partial charge in [-0.3, -0.25) is 4.79 Å². The van der Waals surface area contributed by atoms with E-state index in [0.717, 1.165) is 38.8 Å². The number of amides is 1. The molecular weight excluding hydrogens is 324 g/mol. The van der Waals surface area contributed by atoms with Gasteiger partial charge in [0.2, 0.25) is 0 Å². The smallest absolute Gasteiger partial charge is 0.252 e. The van der Waals surface area contributed by atoms with Crippen LogP contribution < -0.4 is 10.6 Å². The molecule has 3 rings (SSSR count). The van der Waals surface area contributed by atoms with Crippen LogP contribution in [0, 0.1) is 0 Å². The SMILES string of the molecule is COC1(C(=O)NC2CCC(C)(C)c3ccccc32)CCNCC1.Cl. The van der Waals surface area contributed by atoms with Gasteiger partial charge in [-0.05, 0) is 55.3 Å². The van der Waals surface area contributed by atoms with Crippen molar-refractivity contribution in [2.24, 2.45) is 0 Å². The Labute approximate surface area is 151 Å². The number of fused-ring (bicyclic) bond motifs is 1. The summed E-state index contributed by atoms with van der Waals surface area (Å²) in [5.41, 5.74) is 2.12. The van der Waals surface area contributed by atoms with E-state index in [9.17, 15) is 4.79 Å². The van der Waals surface area contributed by atoms with Crippen molar-refractivity contribution in [2.75, 3.05) is 20.2 Å². The molecule has 5 heteroatoms. The third kappa shape index (κ3) is 3.46. The highest BCUT2D eigenvalue weighted by Gasteiger charge is 2.42. The van der Waals surface area contributed by atoms with Crippen LogP contribution >= 0.6 is 12.4 Å². The number of hydrogen-bond acceptors (Lipinski definition) is 3. The Morgan fingerprint density at radius 2 is 1.88 bits per heavy atom. The van der Waals surface area contributed by atoms with Gasteiger partial charge in [-0.25, -0.2) is 0 Å². The van der Waals surface area contributed by atoms with Crippen LogP contribution in [0.3, 0.4) is 0 Å². The average Bonchev–Trinajstić information content (AvgIpc) is 2.58. The van der Waals surface area contributed by atoms with E-state index in [1.54, 1.807) is 7.11 Å². The van der Waals surface area contributed by atoms with Gasteiger partial charge in [0.05, 0.1) is 6.04 Å². The minimum atomic E-state index is -0.673. The van der Waals surface area contributed by atoms with E-state index in [1.165, 1.54) is 11.1 Å². The summed E-state index contributed by atoms with van der Waals surface area (Å²) in [6.45, 7) is 6.23. The maximum Gasteiger partial charge on any atom is 0.252 e. The van der Waals surface area contributed by atoms with Gasteiger partial charge in [-0.1, -0.05) is 38.1 Å². The number of benzene rings is 1. The topological polar surface area (TPSA) is 50.4 Å². The molecule has 1 saturated heterocycles. The van der Waals surface area contributed by atoms with E-state index in [-0.39, 0.29) is 29.8 Å². The summed E-state index contributed by atoms with van der Waals surface area (Å²) >= 11 is 0. The Morgan fingerprint density at radius 3 is 2.54 bits per heavy atom. The minimum Gasteiger partial charge on any atom is -0.368 e. The molecule has 1 aromatic rings. The molecule has 0 bridgehead atoms. The number of piperidine rings is 1. The van der Waals surface area contributed by atoms with Crippen molar-refractivity contribution in [3.63, 3.8) is 0 Å². The highest BCUT2D eigenvalue weighted by Crippen LogP contribution is 2.41. The lowest BCUT2D eigenvalue weighted by Crippen LogP contribution is -2.55. The van der Waals surface area contributed by atoms with Crippen LogP contribution in [-0.4, -0.2) is 31.7 Å². The van der Waals surface area contributed by atoms with E-state index in [1.807, 2.05) is 0 Å². The van der Waals surface area contributed by atoms with Gasteiger partial charge in [-0.15, -0.1) is 12.4 Å². The zero-order valence-electron chi connectivity index (χ0n) is 14.9. The van der Waals surface area contributed by atoms with E-state index < -0.39 is 5.60 Å². The average molecular weight is 353 g/mol. The van der Waals surface area contributed by atoms with Crippen molar-refractivity contribution < 1.29 is 9.53 Å². The molecule has 1 unspecified atom stereocenters. The largest absolute Gasteiger partial charge is 0.368 e. The van der Waals surface area contributed by atoms with Gasteiger partial charge in [0.15, 0.2) is 0 Å². The second-order valence-electron chi connectivity index (χ2n) is 7.48. The first-order valence-electron chi connectivity index (χ1n) is 8.65. The molecule has 1 aliphatic carbocycles. The fourth-order valence-corrected chi connectivity index (χ4v) is 4.01. The molecule has 2 aliphatic rings. The lowest BCUT2D eigenvalue weighted by molar-refractivity contribution is -0.147. The molecule has 1 aromatic carbocycles. The Bertz CT molecular complexity index is 582.